The van der Waals surface area contributed by atoms with Crippen molar-refractivity contribution in [3.63, 3.8) is 0 Å². The topological polar surface area (TPSA) is 29.3 Å². The zero-order valence-electron chi connectivity index (χ0n) is 7.42. The zero-order valence-corrected chi connectivity index (χ0v) is 8.23. The molecule has 66 valence electrons. The summed E-state index contributed by atoms with van der Waals surface area (Å²) >= 11 is 2.03. The third-order valence-corrected chi connectivity index (χ3v) is 3.38. The summed E-state index contributed by atoms with van der Waals surface area (Å²) in [6, 6.07) is 1.47. The Hall–Kier alpha value is 0.270. The summed E-state index contributed by atoms with van der Waals surface area (Å²) in [5.41, 5.74) is 5.54. The summed E-state index contributed by atoms with van der Waals surface area (Å²) in [6.45, 7) is 6.35. The van der Waals surface area contributed by atoms with Gasteiger partial charge in [-0.15, -0.1) is 0 Å². The van der Waals surface area contributed by atoms with Gasteiger partial charge in [-0.25, -0.2) is 0 Å². The first-order chi connectivity index (χ1) is 5.25. The minimum atomic E-state index is 0.657. The normalized spacial score (nSPS) is 19.4. The van der Waals surface area contributed by atoms with E-state index < -0.39 is 0 Å². The molecule has 0 spiro atoms. The van der Waals surface area contributed by atoms with Gasteiger partial charge in [-0.3, -0.25) is 4.90 Å². The van der Waals surface area contributed by atoms with Gasteiger partial charge in [0.2, 0.25) is 0 Å². The van der Waals surface area contributed by atoms with Gasteiger partial charge in [0.15, 0.2) is 0 Å². The van der Waals surface area contributed by atoms with Crippen molar-refractivity contribution in [2.75, 3.05) is 24.6 Å². The molecule has 1 heterocycles. The third-order valence-electron chi connectivity index (χ3n) is 2.14. The van der Waals surface area contributed by atoms with Crippen molar-refractivity contribution in [2.45, 2.75) is 25.9 Å². The van der Waals surface area contributed by atoms with E-state index in [4.69, 9.17) is 5.73 Å². The quantitative estimate of drug-likeness (QED) is 0.682. The number of rotatable bonds is 4. The maximum atomic E-state index is 5.54. The standard InChI is InChI=1S/C8H18N2S/c1-7(2)10(4-3-9)8-5-11-6-8/h7-8H,3-6,9H2,1-2H3. The van der Waals surface area contributed by atoms with Crippen LogP contribution < -0.4 is 5.73 Å². The van der Waals surface area contributed by atoms with E-state index in [1.165, 1.54) is 11.5 Å². The van der Waals surface area contributed by atoms with E-state index in [0.717, 1.165) is 19.1 Å². The Morgan fingerprint density at radius 2 is 2.18 bits per heavy atom. The largest absolute Gasteiger partial charge is 0.329 e. The monoisotopic (exact) mass is 174 g/mol. The molecule has 1 aliphatic heterocycles. The molecule has 0 amide bonds. The summed E-state index contributed by atoms with van der Waals surface area (Å²) < 4.78 is 0. The second-order valence-corrected chi connectivity index (χ2v) is 4.39. The Morgan fingerprint density at radius 1 is 1.55 bits per heavy atom. The number of hydrogen-bond acceptors (Lipinski definition) is 3. The van der Waals surface area contributed by atoms with Gasteiger partial charge < -0.3 is 5.73 Å². The van der Waals surface area contributed by atoms with E-state index in [1.54, 1.807) is 0 Å². The van der Waals surface area contributed by atoms with Gasteiger partial charge in [0.1, 0.15) is 0 Å². The van der Waals surface area contributed by atoms with Crippen LogP contribution >= 0.6 is 11.8 Å². The minimum absolute atomic E-state index is 0.657. The maximum absolute atomic E-state index is 5.54. The minimum Gasteiger partial charge on any atom is -0.329 e. The number of thioether (sulfide) groups is 1. The molecular formula is C8H18N2S. The number of nitrogens with zero attached hydrogens (tertiary/aromatic N) is 1. The van der Waals surface area contributed by atoms with Crippen molar-refractivity contribution in [1.82, 2.24) is 4.90 Å². The molecule has 0 saturated carbocycles. The van der Waals surface area contributed by atoms with Crippen LogP contribution in [0.5, 0.6) is 0 Å². The van der Waals surface area contributed by atoms with Crippen molar-refractivity contribution in [3.8, 4) is 0 Å². The highest BCUT2D eigenvalue weighted by Gasteiger charge is 2.26. The molecule has 0 bridgehead atoms. The van der Waals surface area contributed by atoms with Crippen LogP contribution in [0.2, 0.25) is 0 Å². The average Bonchev–Trinajstić information content (AvgIpc) is 1.82. The SMILES string of the molecule is CC(C)N(CCN)C1CSC1. The van der Waals surface area contributed by atoms with Crippen molar-refractivity contribution in [2.24, 2.45) is 5.73 Å². The van der Waals surface area contributed by atoms with Gasteiger partial charge in [0, 0.05) is 36.7 Å². The van der Waals surface area contributed by atoms with Gasteiger partial charge >= 0.3 is 0 Å². The van der Waals surface area contributed by atoms with E-state index in [9.17, 15) is 0 Å². The lowest BCUT2D eigenvalue weighted by Gasteiger charge is -2.39. The first kappa shape index (κ1) is 9.36. The van der Waals surface area contributed by atoms with E-state index in [2.05, 4.69) is 18.7 Å². The summed E-state index contributed by atoms with van der Waals surface area (Å²) in [5.74, 6) is 2.61. The fourth-order valence-corrected chi connectivity index (χ4v) is 2.26. The summed E-state index contributed by atoms with van der Waals surface area (Å²) in [7, 11) is 0. The lowest BCUT2D eigenvalue weighted by atomic mass is 10.2. The molecule has 0 atom stereocenters. The van der Waals surface area contributed by atoms with Crippen LogP contribution in [0.15, 0.2) is 0 Å². The Balaban J connectivity index is 2.31. The lowest BCUT2D eigenvalue weighted by Crippen LogP contribution is -2.49. The predicted octanol–water partition coefficient (Wildman–Crippen LogP) is 0.771. The van der Waals surface area contributed by atoms with Crippen LogP contribution in [-0.4, -0.2) is 41.6 Å². The van der Waals surface area contributed by atoms with E-state index >= 15 is 0 Å². The molecule has 1 aliphatic rings. The molecule has 1 fully saturated rings. The summed E-state index contributed by atoms with van der Waals surface area (Å²) in [5, 5.41) is 0. The van der Waals surface area contributed by atoms with E-state index in [-0.39, 0.29) is 0 Å². The molecule has 0 aromatic rings. The molecule has 0 radical (unpaired) electrons. The van der Waals surface area contributed by atoms with Crippen LogP contribution in [0.25, 0.3) is 0 Å². The van der Waals surface area contributed by atoms with Crippen molar-refractivity contribution in [1.29, 1.82) is 0 Å². The highest BCUT2D eigenvalue weighted by Crippen LogP contribution is 2.24. The summed E-state index contributed by atoms with van der Waals surface area (Å²) in [6.07, 6.45) is 0. The Morgan fingerprint density at radius 3 is 2.45 bits per heavy atom. The Kier molecular flexibility index (Phi) is 3.69. The van der Waals surface area contributed by atoms with Crippen molar-refractivity contribution >= 4 is 11.8 Å². The van der Waals surface area contributed by atoms with Crippen molar-refractivity contribution in [3.05, 3.63) is 0 Å². The highest BCUT2D eigenvalue weighted by atomic mass is 32.2. The zero-order chi connectivity index (χ0) is 8.27. The third kappa shape index (κ3) is 2.36. The predicted molar refractivity (Wildman–Crippen MR) is 52.0 cm³/mol. The van der Waals surface area contributed by atoms with Gasteiger partial charge in [-0.2, -0.15) is 11.8 Å². The molecule has 2 nitrogen and oxygen atoms in total. The highest BCUT2D eigenvalue weighted by molar-refractivity contribution is 8.00. The van der Waals surface area contributed by atoms with Gasteiger partial charge in [0.05, 0.1) is 0 Å². The molecule has 0 unspecified atom stereocenters. The molecular weight excluding hydrogens is 156 g/mol. The van der Waals surface area contributed by atoms with Crippen LogP contribution in [0.1, 0.15) is 13.8 Å². The van der Waals surface area contributed by atoms with Gasteiger partial charge in [-0.1, -0.05) is 0 Å². The van der Waals surface area contributed by atoms with Crippen LogP contribution in [0, 0.1) is 0 Å². The Labute approximate surface area is 73.5 Å². The second kappa shape index (κ2) is 4.33. The van der Waals surface area contributed by atoms with Crippen LogP contribution in [-0.2, 0) is 0 Å². The molecule has 0 aliphatic carbocycles. The fraction of sp³-hybridized carbons (Fsp3) is 1.00. The average molecular weight is 174 g/mol. The van der Waals surface area contributed by atoms with Crippen LogP contribution in [0.4, 0.5) is 0 Å². The molecule has 0 aromatic heterocycles. The van der Waals surface area contributed by atoms with Crippen molar-refractivity contribution < 1.29 is 0 Å². The Bertz CT molecular complexity index is 113. The molecule has 1 saturated heterocycles. The summed E-state index contributed by atoms with van der Waals surface area (Å²) in [4.78, 5) is 2.51. The number of hydrogen-bond donors (Lipinski definition) is 1. The van der Waals surface area contributed by atoms with Gasteiger partial charge in [-0.05, 0) is 13.8 Å². The fourth-order valence-electron chi connectivity index (χ4n) is 1.43. The number of nitrogens with two attached hydrogens (primary N) is 1. The molecule has 2 N–H and O–H groups in total. The molecule has 0 aromatic carbocycles. The first-order valence-corrected chi connectivity index (χ1v) is 5.44. The molecule has 11 heavy (non-hydrogen) atoms. The van der Waals surface area contributed by atoms with Crippen LogP contribution in [0.3, 0.4) is 0 Å². The first-order valence-electron chi connectivity index (χ1n) is 4.29. The lowest BCUT2D eigenvalue weighted by molar-refractivity contribution is 0.179. The van der Waals surface area contributed by atoms with E-state index in [0.29, 0.717) is 6.04 Å². The molecule has 3 heteroatoms. The van der Waals surface area contributed by atoms with E-state index in [1.807, 2.05) is 11.8 Å². The van der Waals surface area contributed by atoms with Gasteiger partial charge in [0.25, 0.3) is 0 Å². The second-order valence-electron chi connectivity index (χ2n) is 3.31. The molecule has 1 rings (SSSR count). The smallest absolute Gasteiger partial charge is 0.0280 e. The maximum Gasteiger partial charge on any atom is 0.0280 e.